The summed E-state index contributed by atoms with van der Waals surface area (Å²) >= 11 is 0. The van der Waals surface area contributed by atoms with Crippen LogP contribution in [-0.4, -0.2) is 31.5 Å². The van der Waals surface area contributed by atoms with Crippen LogP contribution in [0.2, 0.25) is 0 Å². The van der Waals surface area contributed by atoms with Crippen LogP contribution in [0.15, 0.2) is 29.3 Å². The van der Waals surface area contributed by atoms with Gasteiger partial charge in [-0.25, -0.2) is 4.39 Å². The molecule has 0 saturated carbocycles. The quantitative estimate of drug-likeness (QED) is 0.398. The lowest BCUT2D eigenvalue weighted by atomic mass is 10.3. The number of amides is 1. The van der Waals surface area contributed by atoms with E-state index in [9.17, 15) is 9.18 Å². The Morgan fingerprint density at radius 1 is 1.43 bits per heavy atom. The second-order valence-corrected chi connectivity index (χ2v) is 4.44. The summed E-state index contributed by atoms with van der Waals surface area (Å²) in [6.45, 7) is 4.15. The molecule has 0 radical (unpaired) electrons. The largest absolute Gasteiger partial charge is 0.354 e. The van der Waals surface area contributed by atoms with Gasteiger partial charge in [-0.15, -0.1) is 24.0 Å². The van der Waals surface area contributed by atoms with Crippen LogP contribution in [0.3, 0.4) is 0 Å². The van der Waals surface area contributed by atoms with Crippen LogP contribution in [0, 0.1) is 5.82 Å². The summed E-state index contributed by atoms with van der Waals surface area (Å²) in [6.07, 6.45) is 0.955. The molecule has 0 aliphatic heterocycles. The minimum atomic E-state index is -0.384. The van der Waals surface area contributed by atoms with Gasteiger partial charge in [0.1, 0.15) is 5.82 Å². The van der Waals surface area contributed by atoms with Crippen molar-refractivity contribution in [2.24, 2.45) is 4.99 Å². The van der Waals surface area contributed by atoms with Crippen LogP contribution in [0.1, 0.15) is 20.3 Å². The van der Waals surface area contributed by atoms with Crippen molar-refractivity contribution in [1.82, 2.24) is 10.6 Å². The molecule has 7 heteroatoms. The lowest BCUT2D eigenvalue weighted by Gasteiger charge is -2.16. The van der Waals surface area contributed by atoms with Crippen molar-refractivity contribution in [3.8, 4) is 0 Å². The van der Waals surface area contributed by atoms with Gasteiger partial charge in [0.05, 0.1) is 6.54 Å². The Morgan fingerprint density at radius 2 is 2.14 bits per heavy atom. The molecule has 118 valence electrons. The third-order valence-electron chi connectivity index (χ3n) is 2.74. The van der Waals surface area contributed by atoms with Crippen molar-refractivity contribution in [3.05, 3.63) is 30.1 Å². The van der Waals surface area contributed by atoms with Crippen molar-refractivity contribution < 1.29 is 9.18 Å². The van der Waals surface area contributed by atoms with Crippen LogP contribution in [0.5, 0.6) is 0 Å². The SMILES string of the molecule is CCC(C)NC(=NC)NCC(=O)Nc1cccc(F)c1.I. The number of carbonyl (C=O) groups excluding carboxylic acids is 1. The number of hydrogen-bond donors (Lipinski definition) is 3. The standard InChI is InChI=1S/C14H21FN4O.HI/c1-4-10(2)18-14(16-3)17-9-13(20)19-12-7-5-6-11(15)8-12;/h5-8,10H,4,9H2,1-3H3,(H,19,20)(H2,16,17,18);1H. The lowest BCUT2D eigenvalue weighted by molar-refractivity contribution is -0.115. The van der Waals surface area contributed by atoms with Crippen LogP contribution in [0.25, 0.3) is 0 Å². The minimum Gasteiger partial charge on any atom is -0.354 e. The van der Waals surface area contributed by atoms with Crippen molar-refractivity contribution in [1.29, 1.82) is 0 Å². The van der Waals surface area contributed by atoms with Gasteiger partial charge in [-0.2, -0.15) is 0 Å². The Bertz CT molecular complexity index is 482. The van der Waals surface area contributed by atoms with Crippen LogP contribution in [0.4, 0.5) is 10.1 Å². The zero-order valence-electron chi connectivity index (χ0n) is 12.4. The van der Waals surface area contributed by atoms with Crippen LogP contribution < -0.4 is 16.0 Å². The second kappa shape index (κ2) is 10.4. The van der Waals surface area contributed by atoms with E-state index in [1.807, 2.05) is 6.92 Å². The zero-order chi connectivity index (χ0) is 15.0. The van der Waals surface area contributed by atoms with E-state index < -0.39 is 0 Å². The molecule has 0 aliphatic carbocycles. The predicted molar refractivity (Wildman–Crippen MR) is 94.7 cm³/mol. The van der Waals surface area contributed by atoms with Crippen LogP contribution >= 0.6 is 24.0 Å². The van der Waals surface area contributed by atoms with E-state index in [0.29, 0.717) is 11.6 Å². The fourth-order valence-corrected chi connectivity index (χ4v) is 1.47. The van der Waals surface area contributed by atoms with Crippen LogP contribution in [-0.2, 0) is 4.79 Å². The Hall–Kier alpha value is -1.38. The van der Waals surface area contributed by atoms with E-state index in [4.69, 9.17) is 0 Å². The van der Waals surface area contributed by atoms with Gasteiger partial charge in [-0.1, -0.05) is 13.0 Å². The molecule has 21 heavy (non-hydrogen) atoms. The van der Waals surface area contributed by atoms with Crippen molar-refractivity contribution in [3.63, 3.8) is 0 Å². The maximum absolute atomic E-state index is 13.0. The molecule has 1 rings (SSSR count). The third kappa shape index (κ3) is 7.84. The highest BCUT2D eigenvalue weighted by Gasteiger charge is 2.06. The van der Waals surface area contributed by atoms with E-state index in [1.165, 1.54) is 12.1 Å². The third-order valence-corrected chi connectivity index (χ3v) is 2.74. The van der Waals surface area contributed by atoms with E-state index >= 15 is 0 Å². The summed E-state index contributed by atoms with van der Waals surface area (Å²) in [4.78, 5) is 15.7. The Kier molecular flexibility index (Phi) is 9.68. The average Bonchev–Trinajstić information content (AvgIpc) is 2.43. The number of aliphatic imine (C=N–C) groups is 1. The highest BCUT2D eigenvalue weighted by Crippen LogP contribution is 2.08. The van der Waals surface area contributed by atoms with E-state index in [2.05, 4.69) is 27.9 Å². The number of carbonyl (C=O) groups is 1. The van der Waals surface area contributed by atoms with E-state index in [1.54, 1.807) is 19.2 Å². The molecule has 1 aromatic rings. The first-order chi connectivity index (χ1) is 9.55. The molecule has 5 nitrogen and oxygen atoms in total. The van der Waals surface area contributed by atoms with Gasteiger partial charge >= 0.3 is 0 Å². The molecule has 0 heterocycles. The van der Waals surface area contributed by atoms with E-state index in [-0.39, 0.29) is 48.3 Å². The summed E-state index contributed by atoms with van der Waals surface area (Å²) in [5, 5.41) is 8.65. The first-order valence-electron chi connectivity index (χ1n) is 6.57. The van der Waals surface area contributed by atoms with Gasteiger partial charge in [0.15, 0.2) is 5.96 Å². The maximum Gasteiger partial charge on any atom is 0.243 e. The molecule has 1 amide bonds. The Labute approximate surface area is 141 Å². The molecule has 0 saturated heterocycles. The summed E-state index contributed by atoms with van der Waals surface area (Å²) in [5.74, 6) is -0.0820. The predicted octanol–water partition coefficient (Wildman–Crippen LogP) is 2.35. The molecule has 1 aromatic carbocycles. The number of halogens is 2. The number of rotatable bonds is 5. The number of benzene rings is 1. The van der Waals surface area contributed by atoms with Gasteiger partial charge < -0.3 is 16.0 Å². The van der Waals surface area contributed by atoms with Gasteiger partial charge in [0, 0.05) is 18.8 Å². The molecule has 0 bridgehead atoms. The van der Waals surface area contributed by atoms with Gasteiger partial charge in [-0.3, -0.25) is 9.79 Å². The molecule has 0 fully saturated rings. The molecule has 0 aromatic heterocycles. The highest BCUT2D eigenvalue weighted by atomic mass is 127. The molecule has 1 atom stereocenters. The fourth-order valence-electron chi connectivity index (χ4n) is 1.47. The molecule has 1 unspecified atom stereocenters. The first kappa shape index (κ1) is 19.6. The number of hydrogen-bond acceptors (Lipinski definition) is 2. The van der Waals surface area contributed by atoms with Gasteiger partial charge in [0.2, 0.25) is 5.91 Å². The lowest BCUT2D eigenvalue weighted by Crippen LogP contribution is -2.44. The van der Waals surface area contributed by atoms with E-state index in [0.717, 1.165) is 6.42 Å². The Balaban J connectivity index is 0.00000400. The maximum atomic E-state index is 13.0. The number of guanidine groups is 1. The smallest absolute Gasteiger partial charge is 0.243 e. The second-order valence-electron chi connectivity index (χ2n) is 4.44. The topological polar surface area (TPSA) is 65.5 Å². The fraction of sp³-hybridized carbons (Fsp3) is 0.429. The highest BCUT2D eigenvalue weighted by molar-refractivity contribution is 14.0. The minimum absolute atomic E-state index is 0. The summed E-state index contributed by atoms with van der Waals surface area (Å²) < 4.78 is 13.0. The van der Waals surface area contributed by atoms with Crippen molar-refractivity contribution >= 4 is 41.5 Å². The number of anilines is 1. The average molecular weight is 408 g/mol. The number of nitrogens with one attached hydrogen (secondary N) is 3. The van der Waals surface area contributed by atoms with Gasteiger partial charge in [0.25, 0.3) is 0 Å². The molecular formula is C14H22FIN4O. The zero-order valence-corrected chi connectivity index (χ0v) is 14.8. The Morgan fingerprint density at radius 3 is 2.71 bits per heavy atom. The summed E-state index contributed by atoms with van der Waals surface area (Å²) in [6, 6.07) is 6.04. The number of nitrogens with zero attached hydrogens (tertiary/aromatic N) is 1. The molecule has 3 N–H and O–H groups in total. The van der Waals surface area contributed by atoms with Crippen molar-refractivity contribution in [2.75, 3.05) is 18.9 Å². The normalized spacial score (nSPS) is 12.1. The molecular weight excluding hydrogens is 386 g/mol. The van der Waals surface area contributed by atoms with Gasteiger partial charge in [-0.05, 0) is 31.5 Å². The summed E-state index contributed by atoms with van der Waals surface area (Å²) in [7, 11) is 1.64. The monoisotopic (exact) mass is 408 g/mol. The summed E-state index contributed by atoms with van der Waals surface area (Å²) in [5.41, 5.74) is 0.432. The first-order valence-corrected chi connectivity index (χ1v) is 6.57. The molecule has 0 aliphatic rings. The van der Waals surface area contributed by atoms with Crippen molar-refractivity contribution in [2.45, 2.75) is 26.3 Å². The molecule has 0 spiro atoms.